The van der Waals surface area contributed by atoms with E-state index in [1.165, 1.54) is 6.17 Å². The molecular weight excluding hydrogens is 115 g/mol. The van der Waals surface area contributed by atoms with E-state index in [0.29, 0.717) is 5.92 Å². The highest BCUT2D eigenvalue weighted by Crippen LogP contribution is 2.29. The molecule has 1 fully saturated rings. The van der Waals surface area contributed by atoms with Crippen LogP contribution in [0.4, 0.5) is 4.39 Å². The van der Waals surface area contributed by atoms with Crippen LogP contribution in [0.1, 0.15) is 12.8 Å². The first-order valence-electron chi connectivity index (χ1n) is 2.85. The lowest BCUT2D eigenvalue weighted by Crippen LogP contribution is -1.67. The Hall–Kier alpha value is -0.950. The summed E-state index contributed by atoms with van der Waals surface area (Å²) in [5.41, 5.74) is 0. The van der Waals surface area contributed by atoms with Crippen LogP contribution in [0.25, 0.3) is 0 Å². The fourth-order valence-corrected chi connectivity index (χ4v) is 0.513. The largest absolute Gasteiger partial charge is 0.143 e. The van der Waals surface area contributed by atoms with Gasteiger partial charge in [0.05, 0.1) is 0 Å². The maximum Gasteiger partial charge on any atom is 0.119 e. The molecule has 0 saturated heterocycles. The van der Waals surface area contributed by atoms with Crippen LogP contribution < -0.4 is 0 Å². The van der Waals surface area contributed by atoms with Crippen LogP contribution in [-0.2, 0) is 0 Å². The van der Waals surface area contributed by atoms with Crippen LogP contribution in [0.2, 0.25) is 0 Å². The highest BCUT2D eigenvalue weighted by atomic mass is 19.1. The zero-order chi connectivity index (χ0) is 6.53. The van der Waals surface area contributed by atoms with Crippen LogP contribution in [0.5, 0.6) is 0 Å². The molecule has 1 unspecified atom stereocenters. The van der Waals surface area contributed by atoms with Gasteiger partial charge in [0.2, 0.25) is 0 Å². The maximum atomic E-state index is 11.1. The Morgan fingerprint density at radius 1 is 1.56 bits per heavy atom. The average molecular weight is 121 g/mol. The maximum absolute atomic E-state index is 11.1. The molecule has 1 rings (SSSR count). The summed E-state index contributed by atoms with van der Waals surface area (Å²) < 4.78 is 11.1. The van der Waals surface area contributed by atoms with Gasteiger partial charge in [-0.3, -0.25) is 0 Å². The molecule has 0 amide bonds. The molecule has 1 aliphatic rings. The molecule has 1 radical (unpaired) electrons. The van der Waals surface area contributed by atoms with E-state index in [-0.39, 0.29) is 0 Å². The summed E-state index contributed by atoms with van der Waals surface area (Å²) in [6.45, 7) is 0. The molecule has 1 saturated carbocycles. The molecule has 1 atom stereocenters. The molecule has 0 aromatic heterocycles. The minimum Gasteiger partial charge on any atom is -0.143 e. The highest BCUT2D eigenvalue weighted by molar-refractivity contribution is 5.24. The third-order valence-corrected chi connectivity index (χ3v) is 1.13. The molecule has 0 nitrogen and oxygen atoms in total. The second kappa shape index (κ2) is 3.15. The molecule has 45 valence electrons. The van der Waals surface area contributed by atoms with Crippen LogP contribution in [-0.4, -0.2) is 0 Å². The van der Waals surface area contributed by atoms with Gasteiger partial charge in [-0.05, 0) is 24.7 Å². The summed E-state index contributed by atoms with van der Waals surface area (Å²) >= 11 is 0. The van der Waals surface area contributed by atoms with Gasteiger partial charge in [-0.2, -0.15) is 0 Å². The van der Waals surface area contributed by atoms with Crippen LogP contribution in [0.3, 0.4) is 0 Å². The fourth-order valence-electron chi connectivity index (χ4n) is 0.513. The number of hydrogen-bond acceptors (Lipinski definition) is 0. The van der Waals surface area contributed by atoms with E-state index in [4.69, 9.17) is 0 Å². The van der Waals surface area contributed by atoms with Crippen molar-refractivity contribution in [3.8, 4) is 23.9 Å². The van der Waals surface area contributed by atoms with Gasteiger partial charge < -0.3 is 0 Å². The number of halogens is 1. The molecule has 0 heterocycles. The Labute approximate surface area is 54.5 Å². The van der Waals surface area contributed by atoms with E-state index in [2.05, 4.69) is 18.3 Å². The van der Waals surface area contributed by atoms with E-state index >= 15 is 0 Å². The average Bonchev–Trinajstić information content (AvgIpc) is 2.63. The van der Waals surface area contributed by atoms with E-state index in [9.17, 15) is 4.39 Å². The topological polar surface area (TPSA) is 0 Å². The van der Waals surface area contributed by atoms with Crippen LogP contribution in [0.15, 0.2) is 0 Å². The van der Waals surface area contributed by atoms with E-state index in [1.54, 1.807) is 0 Å². The Morgan fingerprint density at radius 3 is 2.89 bits per heavy atom. The van der Waals surface area contributed by atoms with Crippen molar-refractivity contribution in [3.63, 3.8) is 0 Å². The monoisotopic (exact) mass is 121 g/mol. The van der Waals surface area contributed by atoms with Gasteiger partial charge in [-0.15, -0.1) is 4.39 Å². The minimum absolute atomic E-state index is 0.666. The quantitative estimate of drug-likeness (QED) is 0.461. The molecule has 0 aliphatic heterocycles. The van der Waals surface area contributed by atoms with E-state index in [1.807, 2.05) is 5.92 Å². The molecule has 0 N–H and O–H groups in total. The first kappa shape index (κ1) is 6.17. The Morgan fingerprint density at radius 2 is 2.33 bits per heavy atom. The summed E-state index contributed by atoms with van der Waals surface area (Å²) in [7, 11) is 0. The van der Waals surface area contributed by atoms with Gasteiger partial charge in [0.15, 0.2) is 0 Å². The lowest BCUT2D eigenvalue weighted by Gasteiger charge is -1.75. The zero-order valence-corrected chi connectivity index (χ0v) is 4.95. The standard InChI is InChI=1S/C8H6F/c9-7-3-1-2-4-8-5-6-8/h5,8H,4,6H2. The number of hydrogen-bond donors (Lipinski definition) is 0. The summed E-state index contributed by atoms with van der Waals surface area (Å²) in [6, 6.07) is 0. The van der Waals surface area contributed by atoms with Gasteiger partial charge in [0, 0.05) is 12.3 Å². The van der Waals surface area contributed by atoms with Gasteiger partial charge in [0.1, 0.15) is 6.17 Å². The Kier molecular flexibility index (Phi) is 2.16. The first-order valence-corrected chi connectivity index (χ1v) is 2.85. The van der Waals surface area contributed by atoms with Crippen LogP contribution in [0, 0.1) is 36.3 Å². The minimum atomic E-state index is 0.666. The summed E-state index contributed by atoms with van der Waals surface area (Å²) in [4.78, 5) is 0. The van der Waals surface area contributed by atoms with Crippen molar-refractivity contribution in [2.24, 2.45) is 5.92 Å². The van der Waals surface area contributed by atoms with Crippen molar-refractivity contribution in [3.05, 3.63) is 6.42 Å². The zero-order valence-electron chi connectivity index (χ0n) is 4.95. The van der Waals surface area contributed by atoms with E-state index in [0.717, 1.165) is 12.8 Å². The molecule has 1 aliphatic carbocycles. The van der Waals surface area contributed by atoms with Gasteiger partial charge in [0.25, 0.3) is 0 Å². The van der Waals surface area contributed by atoms with Gasteiger partial charge >= 0.3 is 0 Å². The second-order valence-corrected chi connectivity index (χ2v) is 1.96. The third-order valence-electron chi connectivity index (χ3n) is 1.13. The van der Waals surface area contributed by atoms with Crippen molar-refractivity contribution in [2.45, 2.75) is 12.8 Å². The lowest BCUT2D eigenvalue weighted by molar-refractivity contribution is 0.774. The number of rotatable bonds is 1. The molecule has 9 heavy (non-hydrogen) atoms. The predicted molar refractivity (Wildman–Crippen MR) is 33.7 cm³/mol. The van der Waals surface area contributed by atoms with Crippen molar-refractivity contribution in [2.75, 3.05) is 0 Å². The van der Waals surface area contributed by atoms with Crippen molar-refractivity contribution >= 4 is 0 Å². The molecule has 0 aromatic rings. The summed E-state index contributed by atoms with van der Waals surface area (Å²) in [5, 5.41) is 0. The molecule has 0 spiro atoms. The predicted octanol–water partition coefficient (Wildman–Crippen LogP) is 1.53. The lowest BCUT2D eigenvalue weighted by atomic mass is 10.3. The van der Waals surface area contributed by atoms with Crippen LogP contribution >= 0.6 is 0 Å². The molecule has 1 heteroatoms. The second-order valence-electron chi connectivity index (χ2n) is 1.96. The SMILES string of the molecule is FC#CC#CCC1[CH]C1. The Balaban J connectivity index is 2.14. The first-order chi connectivity index (χ1) is 4.43. The van der Waals surface area contributed by atoms with Gasteiger partial charge in [-0.1, -0.05) is 5.92 Å². The molecule has 0 bridgehead atoms. The Bertz CT molecular complexity index is 192. The van der Waals surface area contributed by atoms with E-state index < -0.39 is 0 Å². The summed E-state index contributed by atoms with van der Waals surface area (Å²) in [6.07, 6.45) is 5.41. The normalized spacial score (nSPS) is 14.8. The fraction of sp³-hybridized carbons (Fsp3) is 0.375. The molecular formula is C8H6F. The van der Waals surface area contributed by atoms with Gasteiger partial charge in [-0.25, -0.2) is 0 Å². The third kappa shape index (κ3) is 2.77. The highest BCUT2D eigenvalue weighted by Gasteiger charge is 2.19. The smallest absolute Gasteiger partial charge is 0.119 e. The van der Waals surface area contributed by atoms with Crippen molar-refractivity contribution in [1.29, 1.82) is 0 Å². The van der Waals surface area contributed by atoms with Crippen molar-refractivity contribution < 1.29 is 4.39 Å². The summed E-state index contributed by atoms with van der Waals surface area (Å²) in [5.74, 6) is 7.86. The van der Waals surface area contributed by atoms with Crippen molar-refractivity contribution in [1.82, 2.24) is 0 Å². The molecule has 0 aromatic carbocycles.